The number of methoxy groups -OCH3 is 1. The molecule has 1 aromatic heterocycles. The van der Waals surface area contributed by atoms with E-state index >= 15 is 0 Å². The molecule has 0 saturated heterocycles. The zero-order chi connectivity index (χ0) is 29.1. The van der Waals surface area contributed by atoms with E-state index in [0.29, 0.717) is 29.2 Å². The molecule has 0 fully saturated rings. The third-order valence-electron chi connectivity index (χ3n) is 6.24. The lowest BCUT2D eigenvalue weighted by Gasteiger charge is -2.14. The molecule has 41 heavy (non-hydrogen) atoms. The molecule has 6 nitrogen and oxygen atoms in total. The molecule has 0 spiro atoms. The summed E-state index contributed by atoms with van der Waals surface area (Å²) in [6, 6.07) is 22.8. The van der Waals surface area contributed by atoms with Gasteiger partial charge in [0.05, 0.1) is 33.4 Å². The summed E-state index contributed by atoms with van der Waals surface area (Å²) in [4.78, 5) is 18.0. The van der Waals surface area contributed by atoms with Crippen molar-refractivity contribution >= 4 is 39.7 Å². The van der Waals surface area contributed by atoms with Crippen LogP contribution in [-0.4, -0.2) is 23.0 Å². The summed E-state index contributed by atoms with van der Waals surface area (Å²) < 4.78 is 53.8. The summed E-state index contributed by atoms with van der Waals surface area (Å²) in [5, 5.41) is 4.66. The summed E-state index contributed by atoms with van der Waals surface area (Å²) in [6.07, 6.45) is -3.12. The van der Waals surface area contributed by atoms with E-state index in [1.807, 2.05) is 37.3 Å². The topological polar surface area (TPSA) is 65.7 Å². The van der Waals surface area contributed by atoms with Gasteiger partial charge in [-0.25, -0.2) is 4.98 Å². The van der Waals surface area contributed by atoms with Gasteiger partial charge in [-0.3, -0.25) is 4.79 Å². The summed E-state index contributed by atoms with van der Waals surface area (Å²) in [5.74, 6) is 1.00. The fraction of sp³-hybridized carbons (Fsp3) is 0.129. The van der Waals surface area contributed by atoms with Crippen LogP contribution in [0.4, 0.5) is 13.2 Å². The number of alkyl halides is 3. The first-order chi connectivity index (χ1) is 19.6. The highest BCUT2D eigenvalue weighted by Gasteiger charge is 2.31. The number of nitrogens with zero attached hydrogens (tertiary/aromatic N) is 3. The van der Waals surface area contributed by atoms with E-state index < -0.39 is 17.3 Å². The van der Waals surface area contributed by atoms with E-state index in [9.17, 15) is 18.0 Å². The van der Waals surface area contributed by atoms with Crippen LogP contribution in [0.15, 0.2) is 94.8 Å². The SMILES string of the molecule is COc1cc(C=Nn2c(-c3cccc(C(F)(F)F)c3)nc3ccccc3c2=O)cc(I)c1OCc1cccc(C)c1. The molecule has 0 saturated carbocycles. The first-order valence-electron chi connectivity index (χ1n) is 12.4. The van der Waals surface area contributed by atoms with Gasteiger partial charge in [-0.1, -0.05) is 54.1 Å². The molecule has 0 atom stereocenters. The first-order valence-corrected chi connectivity index (χ1v) is 13.5. The average molecular weight is 669 g/mol. The fourth-order valence-electron chi connectivity index (χ4n) is 4.29. The quantitative estimate of drug-likeness (QED) is 0.133. The number of para-hydroxylation sites is 1. The van der Waals surface area contributed by atoms with Crippen molar-refractivity contribution in [3.05, 3.63) is 121 Å². The van der Waals surface area contributed by atoms with Crippen LogP contribution in [0.5, 0.6) is 11.5 Å². The van der Waals surface area contributed by atoms with Gasteiger partial charge in [0, 0.05) is 5.56 Å². The Morgan fingerprint density at radius 3 is 2.54 bits per heavy atom. The van der Waals surface area contributed by atoms with Gasteiger partial charge >= 0.3 is 6.18 Å². The number of ether oxygens (including phenoxy) is 2. The van der Waals surface area contributed by atoms with Crippen LogP contribution in [0.1, 0.15) is 22.3 Å². The van der Waals surface area contributed by atoms with Crippen molar-refractivity contribution in [1.82, 2.24) is 9.66 Å². The van der Waals surface area contributed by atoms with Crippen molar-refractivity contribution in [3.63, 3.8) is 0 Å². The molecule has 0 aliphatic heterocycles. The van der Waals surface area contributed by atoms with E-state index in [1.165, 1.54) is 25.5 Å². The lowest BCUT2D eigenvalue weighted by Crippen LogP contribution is -2.20. The number of benzene rings is 4. The van der Waals surface area contributed by atoms with Crippen LogP contribution in [-0.2, 0) is 12.8 Å². The molecule has 5 rings (SSSR count). The maximum atomic E-state index is 13.5. The highest BCUT2D eigenvalue weighted by molar-refractivity contribution is 14.1. The fourth-order valence-corrected chi connectivity index (χ4v) is 5.07. The lowest BCUT2D eigenvalue weighted by molar-refractivity contribution is -0.137. The average Bonchev–Trinajstić information content (AvgIpc) is 2.95. The van der Waals surface area contributed by atoms with Crippen LogP contribution in [0.3, 0.4) is 0 Å². The Hall–Kier alpha value is -4.19. The van der Waals surface area contributed by atoms with Gasteiger partial charge in [0.1, 0.15) is 6.61 Å². The van der Waals surface area contributed by atoms with Crippen molar-refractivity contribution in [3.8, 4) is 22.9 Å². The van der Waals surface area contributed by atoms with E-state index in [1.54, 1.807) is 30.3 Å². The Bertz CT molecular complexity index is 1830. The summed E-state index contributed by atoms with van der Waals surface area (Å²) in [5.41, 5.74) is 1.81. The number of hydrogen-bond donors (Lipinski definition) is 0. The summed E-state index contributed by atoms with van der Waals surface area (Å²) in [7, 11) is 1.52. The van der Waals surface area contributed by atoms with Gasteiger partial charge in [-0.05, 0) is 77.0 Å². The third kappa shape index (κ3) is 6.27. The zero-order valence-corrected chi connectivity index (χ0v) is 24.1. The molecule has 0 N–H and O–H groups in total. The molecular formula is C31H23F3IN3O3. The second-order valence-electron chi connectivity index (χ2n) is 9.20. The minimum Gasteiger partial charge on any atom is -0.493 e. The number of hydrogen-bond acceptors (Lipinski definition) is 5. The first kappa shape index (κ1) is 28.3. The maximum Gasteiger partial charge on any atom is 0.416 e. The molecule has 0 aliphatic carbocycles. The molecule has 0 amide bonds. The van der Waals surface area contributed by atoms with Crippen LogP contribution >= 0.6 is 22.6 Å². The maximum absolute atomic E-state index is 13.5. The molecule has 10 heteroatoms. The largest absolute Gasteiger partial charge is 0.493 e. The Kier molecular flexibility index (Phi) is 8.11. The minimum absolute atomic E-state index is 0.0178. The van der Waals surface area contributed by atoms with Gasteiger partial charge in [-0.2, -0.15) is 22.9 Å². The predicted molar refractivity (Wildman–Crippen MR) is 161 cm³/mol. The van der Waals surface area contributed by atoms with E-state index in [-0.39, 0.29) is 16.8 Å². The van der Waals surface area contributed by atoms with Crippen LogP contribution in [0, 0.1) is 10.5 Å². The second-order valence-corrected chi connectivity index (χ2v) is 10.4. The lowest BCUT2D eigenvalue weighted by atomic mass is 10.1. The number of aromatic nitrogens is 2. The van der Waals surface area contributed by atoms with Gasteiger partial charge < -0.3 is 9.47 Å². The third-order valence-corrected chi connectivity index (χ3v) is 7.04. The highest BCUT2D eigenvalue weighted by Crippen LogP contribution is 2.35. The van der Waals surface area contributed by atoms with E-state index in [2.05, 4.69) is 32.7 Å². The smallest absolute Gasteiger partial charge is 0.416 e. The molecule has 0 unspecified atom stereocenters. The Balaban J connectivity index is 1.55. The monoisotopic (exact) mass is 669 g/mol. The number of halogens is 4. The minimum atomic E-state index is -4.56. The molecule has 0 aliphatic rings. The van der Waals surface area contributed by atoms with Crippen molar-refractivity contribution in [2.75, 3.05) is 7.11 Å². The number of aryl methyl sites for hydroxylation is 1. The standard InChI is InChI=1S/C31H23F3IN3O3/c1-19-7-5-8-20(13-19)18-41-28-25(35)14-21(15-27(28)40-2)17-36-38-29(22-9-6-10-23(16-22)31(32,33)34)37-26-12-4-3-11-24(26)30(38)39/h3-17H,18H2,1-2H3. The number of fused-ring (bicyclic) bond motifs is 1. The Morgan fingerprint density at radius 1 is 1.00 bits per heavy atom. The van der Waals surface area contributed by atoms with E-state index in [0.717, 1.165) is 31.5 Å². The van der Waals surface area contributed by atoms with Gasteiger partial charge in [-0.15, -0.1) is 0 Å². The summed E-state index contributed by atoms with van der Waals surface area (Å²) in [6.45, 7) is 2.36. The zero-order valence-electron chi connectivity index (χ0n) is 21.9. The van der Waals surface area contributed by atoms with E-state index in [4.69, 9.17) is 9.47 Å². The molecule has 4 aromatic carbocycles. The Morgan fingerprint density at radius 2 is 1.78 bits per heavy atom. The second kappa shape index (κ2) is 11.7. The van der Waals surface area contributed by atoms with Crippen LogP contribution in [0.25, 0.3) is 22.3 Å². The highest BCUT2D eigenvalue weighted by atomic mass is 127. The Labute approximate surface area is 247 Å². The predicted octanol–water partition coefficient (Wildman–Crippen LogP) is 7.47. The van der Waals surface area contributed by atoms with Gasteiger partial charge in [0.2, 0.25) is 0 Å². The summed E-state index contributed by atoms with van der Waals surface area (Å²) >= 11 is 2.13. The molecule has 5 aromatic rings. The molecule has 0 radical (unpaired) electrons. The molecule has 208 valence electrons. The van der Waals surface area contributed by atoms with Gasteiger partial charge in [0.25, 0.3) is 5.56 Å². The molecule has 0 bridgehead atoms. The van der Waals surface area contributed by atoms with Crippen molar-refractivity contribution in [2.45, 2.75) is 19.7 Å². The van der Waals surface area contributed by atoms with Crippen molar-refractivity contribution in [1.29, 1.82) is 0 Å². The van der Waals surface area contributed by atoms with Crippen LogP contribution < -0.4 is 15.0 Å². The molecule has 1 heterocycles. The van der Waals surface area contributed by atoms with Crippen LogP contribution in [0.2, 0.25) is 0 Å². The molecular weight excluding hydrogens is 646 g/mol. The van der Waals surface area contributed by atoms with Gasteiger partial charge in [0.15, 0.2) is 17.3 Å². The normalized spacial score (nSPS) is 11.8. The number of rotatable bonds is 7. The van der Waals surface area contributed by atoms with Crippen molar-refractivity contribution in [2.24, 2.45) is 5.10 Å². The van der Waals surface area contributed by atoms with Crippen molar-refractivity contribution < 1.29 is 22.6 Å².